The van der Waals surface area contributed by atoms with Gasteiger partial charge in [-0.15, -0.1) is 6.42 Å². The van der Waals surface area contributed by atoms with Crippen molar-refractivity contribution in [3.05, 3.63) is 36.7 Å². The zero-order valence-corrected chi connectivity index (χ0v) is 18.5. The largest absolute Gasteiger partial charge is 0.476 e. The first-order valence-corrected chi connectivity index (χ1v) is 11.4. The van der Waals surface area contributed by atoms with Gasteiger partial charge in [0, 0.05) is 6.04 Å². The van der Waals surface area contributed by atoms with E-state index in [0.29, 0.717) is 42.2 Å². The highest BCUT2D eigenvalue weighted by atomic mass is 31.1. The maximum Gasteiger partial charge on any atom is 0.367 e. The molecule has 1 fully saturated rings. The van der Waals surface area contributed by atoms with E-state index in [4.69, 9.17) is 25.9 Å². The molecule has 0 bridgehead atoms. The number of fused-ring (bicyclic) bond motifs is 1. The molecule has 32 heavy (non-hydrogen) atoms. The summed E-state index contributed by atoms with van der Waals surface area (Å²) in [6.45, 7) is 2.13. The molecule has 0 aliphatic heterocycles. The fraction of sp³-hybridized carbons (Fsp3) is 0.381. The van der Waals surface area contributed by atoms with E-state index in [1.165, 1.54) is 0 Å². The summed E-state index contributed by atoms with van der Waals surface area (Å²) in [6.07, 6.45) is 7.23. The van der Waals surface area contributed by atoms with E-state index >= 15 is 0 Å². The monoisotopic (exact) mass is 457 g/mol. The second-order valence-corrected chi connectivity index (χ2v) is 8.50. The average Bonchev–Trinajstić information content (AvgIpc) is 3.34. The van der Waals surface area contributed by atoms with Gasteiger partial charge in [0.15, 0.2) is 11.2 Å². The zero-order valence-electron chi connectivity index (χ0n) is 17.5. The van der Waals surface area contributed by atoms with Crippen LogP contribution in [0.3, 0.4) is 0 Å². The molecule has 1 saturated carbocycles. The number of para-hydroxylation sites is 1. The van der Waals surface area contributed by atoms with Crippen molar-refractivity contribution in [2.45, 2.75) is 31.9 Å². The molecule has 0 amide bonds. The fourth-order valence-corrected chi connectivity index (χ4v) is 4.66. The maximum absolute atomic E-state index is 12.3. The Morgan fingerprint density at radius 2 is 2.16 bits per heavy atom. The van der Waals surface area contributed by atoms with E-state index in [1.807, 2.05) is 17.6 Å². The summed E-state index contributed by atoms with van der Waals surface area (Å²) >= 11 is 0. The van der Waals surface area contributed by atoms with Gasteiger partial charge in [0.2, 0.25) is 11.8 Å². The highest BCUT2D eigenvalue weighted by molar-refractivity contribution is 7.33. The summed E-state index contributed by atoms with van der Waals surface area (Å²) in [5, 5.41) is 10.8. The van der Waals surface area contributed by atoms with Gasteiger partial charge in [0.1, 0.15) is 5.75 Å². The van der Waals surface area contributed by atoms with Crippen LogP contribution in [0.15, 0.2) is 36.7 Å². The number of hydrogen-bond donors (Lipinski definition) is 2. The van der Waals surface area contributed by atoms with Crippen molar-refractivity contribution in [1.82, 2.24) is 19.5 Å². The molecule has 168 valence electrons. The average molecular weight is 457 g/mol. The Kier molecular flexibility index (Phi) is 6.33. The first kappa shape index (κ1) is 22.1. The summed E-state index contributed by atoms with van der Waals surface area (Å²) in [5.41, 5.74) is 5.78. The van der Waals surface area contributed by atoms with E-state index in [0.717, 1.165) is 0 Å². The van der Waals surface area contributed by atoms with Gasteiger partial charge in [-0.25, -0.2) is 9.55 Å². The third-order valence-electron chi connectivity index (χ3n) is 5.49. The molecule has 3 aromatic rings. The first-order chi connectivity index (χ1) is 15.5. The smallest absolute Gasteiger partial charge is 0.367 e. The molecule has 3 N–H and O–H groups in total. The van der Waals surface area contributed by atoms with Crippen LogP contribution in [0.2, 0.25) is 0 Å². The molecule has 0 saturated heterocycles. The molecule has 4 atom stereocenters. The molecular weight excluding hydrogens is 433 g/mol. The van der Waals surface area contributed by atoms with Crippen molar-refractivity contribution in [2.24, 2.45) is 5.41 Å². The number of aliphatic hydroxyl groups is 1. The van der Waals surface area contributed by atoms with Crippen molar-refractivity contribution >= 4 is 25.4 Å². The minimum Gasteiger partial charge on any atom is -0.476 e. The third kappa shape index (κ3) is 4.28. The molecule has 1 aliphatic carbocycles. The van der Waals surface area contributed by atoms with Crippen LogP contribution in [-0.2, 0) is 9.09 Å². The Hall–Kier alpha value is -3.12. The van der Waals surface area contributed by atoms with Crippen LogP contribution in [0.5, 0.6) is 11.6 Å². The fourth-order valence-electron chi connectivity index (χ4n) is 3.90. The van der Waals surface area contributed by atoms with Crippen LogP contribution in [0.4, 0.5) is 5.95 Å². The molecule has 10 nitrogen and oxygen atoms in total. The van der Waals surface area contributed by atoms with E-state index in [1.54, 1.807) is 30.6 Å². The van der Waals surface area contributed by atoms with E-state index < -0.39 is 19.8 Å². The van der Waals surface area contributed by atoms with Crippen LogP contribution in [0.1, 0.15) is 25.8 Å². The summed E-state index contributed by atoms with van der Waals surface area (Å²) in [4.78, 5) is 12.8. The van der Waals surface area contributed by atoms with Gasteiger partial charge in [0.25, 0.3) is 0 Å². The molecule has 2 aromatic heterocycles. The van der Waals surface area contributed by atoms with Gasteiger partial charge >= 0.3 is 8.25 Å². The van der Waals surface area contributed by atoms with Gasteiger partial charge in [-0.3, -0.25) is 0 Å². The van der Waals surface area contributed by atoms with Crippen LogP contribution < -0.4 is 15.0 Å². The quantitative estimate of drug-likeness (QED) is 0.386. The number of nitrogen functional groups attached to an aromatic ring is 1. The number of benzene rings is 1. The van der Waals surface area contributed by atoms with Gasteiger partial charge in [0.05, 0.1) is 31.1 Å². The number of imidazole rings is 1. The molecule has 1 aromatic carbocycles. The Balaban J connectivity index is 1.52. The summed E-state index contributed by atoms with van der Waals surface area (Å²) in [7, 11) is -2.85. The molecule has 2 heterocycles. The lowest BCUT2D eigenvalue weighted by atomic mass is 9.86. The zero-order chi connectivity index (χ0) is 22.7. The molecule has 4 rings (SSSR count). The number of aromatic nitrogens is 4. The van der Waals surface area contributed by atoms with Crippen LogP contribution in [0.25, 0.3) is 11.2 Å². The van der Waals surface area contributed by atoms with Crippen LogP contribution in [0, 0.1) is 17.8 Å². The third-order valence-corrected chi connectivity index (χ3v) is 6.28. The second-order valence-electron chi connectivity index (χ2n) is 7.51. The Morgan fingerprint density at radius 3 is 2.88 bits per heavy atom. The van der Waals surface area contributed by atoms with Crippen LogP contribution in [-0.4, -0.2) is 43.9 Å². The van der Waals surface area contributed by atoms with Gasteiger partial charge in [-0.1, -0.05) is 24.1 Å². The Labute approximate surface area is 185 Å². The van der Waals surface area contributed by atoms with Gasteiger partial charge < -0.3 is 29.2 Å². The molecular formula is C21H24N5O5P. The lowest BCUT2D eigenvalue weighted by molar-refractivity contribution is 0.0552. The molecule has 11 heteroatoms. The summed E-state index contributed by atoms with van der Waals surface area (Å²) in [5.74, 6) is 3.46. The highest BCUT2D eigenvalue weighted by Gasteiger charge is 2.47. The molecule has 0 spiro atoms. The number of nitrogens with two attached hydrogens (primary N) is 1. The second kappa shape index (κ2) is 9.17. The lowest BCUT2D eigenvalue weighted by Crippen LogP contribution is -2.32. The molecule has 0 radical (unpaired) electrons. The number of terminal acetylenes is 1. The predicted octanol–water partition coefficient (Wildman–Crippen LogP) is 2.61. The van der Waals surface area contributed by atoms with E-state index in [2.05, 4.69) is 20.9 Å². The standard InChI is InChI=1S/C21H24N5O5P/c1-3-21(12-30-32(28)31-15-8-6-5-7-9-15)11-14(10-16(21)27)26-13-23-17-18(26)24-20(22)25-19(17)29-4-2/h1,5-9,13-14,16,27,32H,4,10-12H2,2H3,(H2,22,24,25)/t14-,16-,21+/m1/s1. The van der Waals surface area contributed by atoms with Crippen molar-refractivity contribution in [3.8, 4) is 24.0 Å². The minimum atomic E-state index is -2.85. The number of rotatable bonds is 8. The lowest BCUT2D eigenvalue weighted by Gasteiger charge is -2.26. The summed E-state index contributed by atoms with van der Waals surface area (Å²) in [6, 6.07) is 8.48. The number of ether oxygens (including phenoxy) is 1. The Morgan fingerprint density at radius 1 is 1.38 bits per heavy atom. The van der Waals surface area contributed by atoms with Crippen molar-refractivity contribution in [2.75, 3.05) is 18.9 Å². The molecule has 1 aliphatic rings. The van der Waals surface area contributed by atoms with Crippen molar-refractivity contribution in [1.29, 1.82) is 0 Å². The predicted molar refractivity (Wildman–Crippen MR) is 118 cm³/mol. The first-order valence-electron chi connectivity index (χ1n) is 10.1. The van der Waals surface area contributed by atoms with Crippen molar-refractivity contribution in [3.63, 3.8) is 0 Å². The topological polar surface area (TPSA) is 135 Å². The highest BCUT2D eigenvalue weighted by Crippen LogP contribution is 2.47. The normalized spacial score (nSPS) is 23.7. The van der Waals surface area contributed by atoms with Crippen molar-refractivity contribution < 1.29 is 23.5 Å². The van der Waals surface area contributed by atoms with Gasteiger partial charge in [-0.05, 0) is 31.9 Å². The maximum atomic E-state index is 12.3. The summed E-state index contributed by atoms with van der Waals surface area (Å²) < 4.78 is 30.4. The van der Waals surface area contributed by atoms with Crippen LogP contribution >= 0.6 is 8.25 Å². The number of hydrogen-bond acceptors (Lipinski definition) is 9. The van der Waals surface area contributed by atoms with Gasteiger partial charge in [-0.2, -0.15) is 9.97 Å². The number of aliphatic hydroxyl groups excluding tert-OH is 1. The minimum absolute atomic E-state index is 0.0597. The molecule has 1 unspecified atom stereocenters. The number of anilines is 1. The SMILES string of the molecule is C#C[C@@]1(CO[PH](=O)Oc2ccccc2)C[C@H](n2cnc3c(OCC)nc(N)nc32)C[C@H]1O. The van der Waals surface area contributed by atoms with E-state index in [9.17, 15) is 9.67 Å². The number of nitrogens with zero attached hydrogens (tertiary/aromatic N) is 4. The van der Waals surface area contributed by atoms with E-state index in [-0.39, 0.29) is 18.6 Å². The Bertz CT molecular complexity index is 1160.